The van der Waals surface area contributed by atoms with Gasteiger partial charge in [0.2, 0.25) is 0 Å². The Morgan fingerprint density at radius 1 is 0.698 bits per heavy atom. The number of ether oxygens (including phenoxy) is 7. The summed E-state index contributed by atoms with van der Waals surface area (Å²) < 4.78 is 39.1. The van der Waals surface area contributed by atoms with Crippen LogP contribution in [0.15, 0.2) is 0 Å². The third-order valence-electron chi connectivity index (χ3n) is 7.52. The van der Waals surface area contributed by atoms with Crippen LogP contribution in [0.2, 0.25) is 25.7 Å². The van der Waals surface area contributed by atoms with E-state index in [1.165, 1.54) is 6.92 Å². The van der Waals surface area contributed by atoms with Crippen molar-refractivity contribution in [3.05, 3.63) is 0 Å². The van der Waals surface area contributed by atoms with Gasteiger partial charge in [-0.2, -0.15) is 0 Å². The number of carboxylic acids is 1. The number of rotatable bonds is 13. The van der Waals surface area contributed by atoms with Crippen molar-refractivity contribution in [3.63, 3.8) is 0 Å². The quantitative estimate of drug-likeness (QED) is 0.0861. The van der Waals surface area contributed by atoms with Crippen molar-refractivity contribution in [1.29, 1.82) is 0 Å². The zero-order valence-electron chi connectivity index (χ0n) is 24.5. The molecule has 0 aromatic rings. The first-order chi connectivity index (χ1) is 20.0. The lowest BCUT2D eigenvalue weighted by atomic mass is 9.96. The van der Waals surface area contributed by atoms with E-state index in [0.29, 0.717) is 6.04 Å². The predicted octanol–water partition coefficient (Wildman–Crippen LogP) is -4.07. The molecule has 0 radical (unpaired) electrons. The van der Waals surface area contributed by atoms with Gasteiger partial charge in [-0.3, -0.25) is 0 Å². The molecule has 3 fully saturated rings. The standard InChI is InChI=1S/C25H46O17Si/c1-10-14(29)16(31)18(33)24(39-10)38-8-12-21(17(32)19(34)23(41-12)36-5-6-43(2,3)4)42-25-20(35)22(37-9-13(27)28)15(30)11(7-26)40-25/h10-12,14-26,29-35H,5-9H2,1-4H3,(H,27,28)/t10-,11+,12+,14+,15-,16+,17+,18-,19+,20+,21+,22-,23+,24?,25-/m0/s1. The first-order valence-electron chi connectivity index (χ1n) is 14.1. The molecule has 3 aliphatic heterocycles. The summed E-state index contributed by atoms with van der Waals surface area (Å²) in [6, 6.07) is 0.710. The van der Waals surface area contributed by atoms with Crippen molar-refractivity contribution in [2.24, 2.45) is 0 Å². The minimum Gasteiger partial charge on any atom is -0.480 e. The largest absolute Gasteiger partial charge is 0.480 e. The number of aliphatic hydroxyl groups excluding tert-OH is 8. The molecule has 0 spiro atoms. The van der Waals surface area contributed by atoms with Gasteiger partial charge in [0.05, 0.1) is 19.3 Å². The number of carboxylic acid groups (broad SMARTS) is 1. The highest BCUT2D eigenvalue weighted by atomic mass is 28.3. The highest BCUT2D eigenvalue weighted by Crippen LogP contribution is 2.32. The smallest absolute Gasteiger partial charge is 0.329 e. The maximum atomic E-state index is 11.1. The van der Waals surface area contributed by atoms with Crippen molar-refractivity contribution >= 4 is 14.0 Å². The summed E-state index contributed by atoms with van der Waals surface area (Å²) in [5, 5.41) is 92.3. The molecule has 3 aliphatic rings. The summed E-state index contributed by atoms with van der Waals surface area (Å²) in [7, 11) is -1.55. The Labute approximate surface area is 249 Å². The highest BCUT2D eigenvalue weighted by Gasteiger charge is 2.52. The van der Waals surface area contributed by atoms with Crippen LogP contribution in [0, 0.1) is 0 Å². The zero-order valence-corrected chi connectivity index (χ0v) is 25.5. The number of aliphatic carboxylic acids is 1. The summed E-state index contributed by atoms with van der Waals surface area (Å²) in [6.45, 7) is 5.86. The lowest BCUT2D eigenvalue weighted by Gasteiger charge is -2.47. The monoisotopic (exact) mass is 646 g/mol. The molecule has 0 bridgehead atoms. The van der Waals surface area contributed by atoms with E-state index >= 15 is 0 Å². The topological polar surface area (TPSA) is 264 Å². The van der Waals surface area contributed by atoms with Crippen molar-refractivity contribution in [2.45, 2.75) is 125 Å². The van der Waals surface area contributed by atoms with Gasteiger partial charge in [0, 0.05) is 14.7 Å². The highest BCUT2D eigenvalue weighted by molar-refractivity contribution is 6.76. The third-order valence-corrected chi connectivity index (χ3v) is 9.22. The van der Waals surface area contributed by atoms with Crippen molar-refractivity contribution in [1.82, 2.24) is 0 Å². The van der Waals surface area contributed by atoms with E-state index in [0.717, 1.165) is 0 Å². The fraction of sp³-hybridized carbons (Fsp3) is 0.960. The van der Waals surface area contributed by atoms with E-state index in [-0.39, 0.29) is 6.61 Å². The molecular formula is C25H46O17Si. The van der Waals surface area contributed by atoms with Crippen LogP contribution in [0.1, 0.15) is 6.92 Å². The summed E-state index contributed by atoms with van der Waals surface area (Å²) in [5.74, 6) is -1.39. The molecular weight excluding hydrogens is 600 g/mol. The predicted molar refractivity (Wildman–Crippen MR) is 143 cm³/mol. The fourth-order valence-corrected chi connectivity index (χ4v) is 5.58. The Hall–Kier alpha value is -0.913. The number of hydrogen-bond donors (Lipinski definition) is 9. The summed E-state index contributed by atoms with van der Waals surface area (Å²) in [5.41, 5.74) is 0. The van der Waals surface area contributed by atoms with Gasteiger partial charge >= 0.3 is 5.97 Å². The Bertz CT molecular complexity index is 877. The third kappa shape index (κ3) is 9.32. The van der Waals surface area contributed by atoms with Gasteiger partial charge in [0.1, 0.15) is 73.8 Å². The number of hydrogen-bond acceptors (Lipinski definition) is 16. The summed E-state index contributed by atoms with van der Waals surface area (Å²) >= 11 is 0. The summed E-state index contributed by atoms with van der Waals surface area (Å²) in [6.07, 6.45) is -22.7. The Morgan fingerprint density at radius 2 is 1.30 bits per heavy atom. The normalized spacial score (nSPS) is 44.3. The van der Waals surface area contributed by atoms with Crippen LogP contribution in [0.3, 0.4) is 0 Å². The van der Waals surface area contributed by atoms with Crippen LogP contribution < -0.4 is 0 Å². The molecule has 0 aliphatic carbocycles. The van der Waals surface area contributed by atoms with Gasteiger partial charge < -0.3 is 79.1 Å². The van der Waals surface area contributed by atoms with E-state index < -0.39 is 126 Å². The Balaban J connectivity index is 1.80. The van der Waals surface area contributed by atoms with Gasteiger partial charge in [0.25, 0.3) is 0 Å². The van der Waals surface area contributed by atoms with Crippen LogP contribution in [0.5, 0.6) is 0 Å². The van der Waals surface area contributed by atoms with Crippen LogP contribution in [-0.4, -0.2) is 179 Å². The van der Waals surface area contributed by atoms with Gasteiger partial charge in [0.15, 0.2) is 18.9 Å². The zero-order chi connectivity index (χ0) is 32.2. The second-order valence-corrected chi connectivity index (χ2v) is 17.8. The van der Waals surface area contributed by atoms with Gasteiger partial charge in [-0.15, -0.1) is 0 Å². The van der Waals surface area contributed by atoms with E-state index in [1.807, 2.05) is 0 Å². The molecule has 0 saturated carbocycles. The average Bonchev–Trinajstić information content (AvgIpc) is 2.93. The molecule has 252 valence electrons. The van der Waals surface area contributed by atoms with Gasteiger partial charge in [-0.1, -0.05) is 19.6 Å². The maximum Gasteiger partial charge on any atom is 0.329 e. The number of carbonyl (C=O) groups is 1. The first-order valence-corrected chi connectivity index (χ1v) is 17.8. The molecule has 0 aromatic heterocycles. The molecule has 3 rings (SSSR count). The first kappa shape index (κ1) is 36.6. The number of aliphatic hydroxyl groups is 8. The van der Waals surface area contributed by atoms with Crippen molar-refractivity contribution < 1.29 is 83.9 Å². The molecule has 3 saturated heterocycles. The molecule has 18 heteroatoms. The lowest BCUT2D eigenvalue weighted by molar-refractivity contribution is -0.367. The van der Waals surface area contributed by atoms with Crippen LogP contribution in [0.4, 0.5) is 0 Å². The van der Waals surface area contributed by atoms with Gasteiger partial charge in [-0.05, 0) is 13.0 Å². The van der Waals surface area contributed by atoms with Crippen LogP contribution >= 0.6 is 0 Å². The summed E-state index contributed by atoms with van der Waals surface area (Å²) in [4.78, 5) is 11.0. The minimum absolute atomic E-state index is 0.207. The van der Waals surface area contributed by atoms with E-state index in [2.05, 4.69) is 19.6 Å². The molecule has 3 heterocycles. The van der Waals surface area contributed by atoms with E-state index in [1.54, 1.807) is 0 Å². The Morgan fingerprint density at radius 3 is 1.91 bits per heavy atom. The lowest BCUT2D eigenvalue weighted by Crippen LogP contribution is -2.65. The maximum absolute atomic E-state index is 11.1. The van der Waals surface area contributed by atoms with E-state index in [9.17, 15) is 45.6 Å². The molecule has 9 N–H and O–H groups in total. The van der Waals surface area contributed by atoms with Crippen LogP contribution in [-0.2, 0) is 38.0 Å². The van der Waals surface area contributed by atoms with Gasteiger partial charge in [-0.25, -0.2) is 4.79 Å². The fourth-order valence-electron chi connectivity index (χ4n) is 4.85. The SMILES string of the molecule is C[C@@H]1OC(OC[C@H]2O[C@@H](OCC[Si](C)(C)C)[C@H](O)[C@@H](O)[C@@H]2O[C@@H]2O[C@H](CO)[C@H](O)[C@H](OCC(=O)O)[C@H]2O)[C@@H](O)[C@H](O)[C@@H]1O. The minimum atomic E-state index is -1.82. The second kappa shape index (κ2) is 15.6. The molecule has 43 heavy (non-hydrogen) atoms. The van der Waals surface area contributed by atoms with Crippen LogP contribution in [0.25, 0.3) is 0 Å². The van der Waals surface area contributed by atoms with Crippen molar-refractivity contribution in [2.75, 3.05) is 26.4 Å². The molecule has 17 nitrogen and oxygen atoms in total. The molecule has 15 atom stereocenters. The van der Waals surface area contributed by atoms with E-state index in [4.69, 9.17) is 38.3 Å². The second-order valence-electron chi connectivity index (χ2n) is 12.2. The molecule has 0 amide bonds. The molecule has 0 aromatic carbocycles. The Kier molecular flexibility index (Phi) is 13.2. The average molecular weight is 647 g/mol. The molecule has 1 unspecified atom stereocenters. The van der Waals surface area contributed by atoms with Crippen molar-refractivity contribution in [3.8, 4) is 0 Å².